The van der Waals surface area contributed by atoms with Gasteiger partial charge in [0.05, 0.1) is 16.2 Å². The van der Waals surface area contributed by atoms with Crippen LogP contribution in [-0.2, 0) is 16.1 Å². The Bertz CT molecular complexity index is 752. The fraction of sp³-hybridized carbons (Fsp3) is 0.312. The molecule has 6 nitrogen and oxygen atoms in total. The van der Waals surface area contributed by atoms with Gasteiger partial charge in [-0.2, -0.15) is 0 Å². The summed E-state index contributed by atoms with van der Waals surface area (Å²) in [6, 6.07) is 6.91. The summed E-state index contributed by atoms with van der Waals surface area (Å²) in [6.45, 7) is 0.300. The summed E-state index contributed by atoms with van der Waals surface area (Å²) in [5.41, 5.74) is 0.816. The first kappa shape index (κ1) is 16.9. The van der Waals surface area contributed by atoms with Crippen molar-refractivity contribution in [3.63, 3.8) is 0 Å². The van der Waals surface area contributed by atoms with E-state index < -0.39 is 5.92 Å². The van der Waals surface area contributed by atoms with E-state index in [1.807, 2.05) is 18.2 Å². The molecule has 2 aliphatic heterocycles. The number of halogens is 1. The van der Waals surface area contributed by atoms with Crippen molar-refractivity contribution < 1.29 is 14.4 Å². The topological polar surface area (TPSA) is 69.7 Å². The maximum atomic E-state index is 12.4. The highest BCUT2D eigenvalue weighted by Crippen LogP contribution is 2.41. The van der Waals surface area contributed by atoms with Gasteiger partial charge >= 0.3 is 6.03 Å². The average Bonchev–Trinajstić information content (AvgIpc) is 3.03. The van der Waals surface area contributed by atoms with E-state index in [2.05, 4.69) is 5.32 Å². The molecule has 2 aliphatic rings. The highest BCUT2D eigenvalue weighted by Gasteiger charge is 2.47. The highest BCUT2D eigenvalue weighted by atomic mass is 35.5. The third-order valence-corrected chi connectivity index (χ3v) is 5.89. The Balaban J connectivity index is 1.70. The molecule has 0 saturated carbocycles. The summed E-state index contributed by atoms with van der Waals surface area (Å²) in [5, 5.41) is 3.01. The molecule has 2 atom stereocenters. The van der Waals surface area contributed by atoms with E-state index >= 15 is 0 Å². The summed E-state index contributed by atoms with van der Waals surface area (Å²) in [5.74, 6) is -1.06. The van der Waals surface area contributed by atoms with Crippen molar-refractivity contribution in [2.24, 2.45) is 5.92 Å². The van der Waals surface area contributed by atoms with Crippen LogP contribution in [-0.4, -0.2) is 47.1 Å². The first-order valence-corrected chi connectivity index (χ1v) is 8.60. The zero-order chi connectivity index (χ0) is 17.4. The third kappa shape index (κ3) is 2.89. The molecule has 3 rings (SSSR count). The van der Waals surface area contributed by atoms with Crippen LogP contribution in [0.25, 0.3) is 0 Å². The lowest BCUT2D eigenvalue weighted by molar-refractivity contribution is -0.133. The Morgan fingerprint density at radius 2 is 2.00 bits per heavy atom. The van der Waals surface area contributed by atoms with Crippen LogP contribution in [0.3, 0.4) is 0 Å². The number of amides is 4. The van der Waals surface area contributed by atoms with Crippen molar-refractivity contribution >= 4 is 41.2 Å². The van der Waals surface area contributed by atoms with Crippen molar-refractivity contribution in [2.45, 2.75) is 11.9 Å². The number of urea groups is 1. The van der Waals surface area contributed by atoms with Crippen LogP contribution in [0, 0.1) is 5.92 Å². The van der Waals surface area contributed by atoms with Crippen molar-refractivity contribution in [2.75, 3.05) is 14.1 Å². The molecule has 24 heavy (non-hydrogen) atoms. The number of hydrogen-bond acceptors (Lipinski definition) is 4. The van der Waals surface area contributed by atoms with Crippen LogP contribution in [0.15, 0.2) is 35.2 Å². The Morgan fingerprint density at radius 1 is 1.29 bits per heavy atom. The number of carbonyl (C=O) groups excluding carboxylic acids is 3. The lowest BCUT2D eigenvalue weighted by Gasteiger charge is -2.37. The second-order valence-corrected chi connectivity index (χ2v) is 7.20. The molecule has 0 bridgehead atoms. The molecule has 8 heteroatoms. The van der Waals surface area contributed by atoms with Crippen LogP contribution in [0.4, 0.5) is 4.79 Å². The molecule has 1 aromatic rings. The van der Waals surface area contributed by atoms with Gasteiger partial charge < -0.3 is 10.2 Å². The van der Waals surface area contributed by atoms with Crippen molar-refractivity contribution in [3.05, 3.63) is 45.8 Å². The number of rotatable bonds is 3. The maximum absolute atomic E-state index is 12.4. The number of carbonyl (C=O) groups is 3. The van der Waals surface area contributed by atoms with E-state index in [1.54, 1.807) is 19.2 Å². The van der Waals surface area contributed by atoms with Crippen LogP contribution < -0.4 is 5.32 Å². The molecular formula is C16H16ClN3O3S. The highest BCUT2D eigenvalue weighted by molar-refractivity contribution is 8.04. The molecule has 2 unspecified atom stereocenters. The van der Waals surface area contributed by atoms with E-state index in [9.17, 15) is 14.4 Å². The minimum absolute atomic E-state index is 0.273. The number of hydrogen-bond donors (Lipinski definition) is 1. The van der Waals surface area contributed by atoms with Crippen LogP contribution in [0.5, 0.6) is 0 Å². The van der Waals surface area contributed by atoms with Gasteiger partial charge in [-0.15, -0.1) is 0 Å². The van der Waals surface area contributed by atoms with Gasteiger partial charge in [0.2, 0.25) is 5.91 Å². The second kappa shape index (κ2) is 6.49. The number of benzene rings is 1. The van der Waals surface area contributed by atoms with Crippen LogP contribution in [0.1, 0.15) is 5.56 Å². The predicted octanol–water partition coefficient (Wildman–Crippen LogP) is 2.05. The van der Waals surface area contributed by atoms with Gasteiger partial charge in [-0.05, 0) is 17.7 Å². The van der Waals surface area contributed by atoms with Gasteiger partial charge in [-0.25, -0.2) is 4.79 Å². The summed E-state index contributed by atoms with van der Waals surface area (Å²) in [7, 11) is 3.08. The molecule has 4 amide bonds. The summed E-state index contributed by atoms with van der Waals surface area (Å²) < 4.78 is 0. The van der Waals surface area contributed by atoms with Gasteiger partial charge in [0.15, 0.2) is 0 Å². The predicted molar refractivity (Wildman–Crippen MR) is 92.2 cm³/mol. The smallest absolute Gasteiger partial charge is 0.327 e. The van der Waals surface area contributed by atoms with Crippen molar-refractivity contribution in [1.29, 1.82) is 0 Å². The lowest BCUT2D eigenvalue weighted by Crippen LogP contribution is -2.56. The molecule has 1 fully saturated rings. The van der Waals surface area contributed by atoms with Crippen LogP contribution in [0.2, 0.25) is 5.02 Å². The molecule has 0 spiro atoms. The minimum atomic E-state index is -0.497. The summed E-state index contributed by atoms with van der Waals surface area (Å²) >= 11 is 7.31. The molecular weight excluding hydrogens is 350 g/mol. The van der Waals surface area contributed by atoms with E-state index in [-0.39, 0.29) is 23.2 Å². The first-order chi connectivity index (χ1) is 11.4. The average molecular weight is 366 g/mol. The standard InChI is InChI=1S/C16H16ClN3O3S/c1-19-14(22)10-7-12(24-15(10)20(2)16(19)23)13(21)18-8-9-5-3-4-6-11(9)17/h3-7,10,15H,8H2,1-2H3,(H,18,21). The Kier molecular flexibility index (Phi) is 4.56. The summed E-state index contributed by atoms with van der Waals surface area (Å²) in [4.78, 5) is 39.6. The zero-order valence-corrected chi connectivity index (χ0v) is 14.7. The molecule has 126 valence electrons. The molecule has 0 aliphatic carbocycles. The van der Waals surface area contributed by atoms with E-state index in [0.29, 0.717) is 16.5 Å². The number of thioether (sulfide) groups is 1. The molecule has 1 aromatic carbocycles. The number of fused-ring (bicyclic) bond motifs is 1. The Hall–Kier alpha value is -1.99. The fourth-order valence-electron chi connectivity index (χ4n) is 2.70. The molecule has 0 aromatic heterocycles. The second-order valence-electron chi connectivity index (χ2n) is 5.63. The van der Waals surface area contributed by atoms with Gasteiger partial charge in [-0.3, -0.25) is 14.5 Å². The quantitative estimate of drug-likeness (QED) is 0.890. The normalized spacial score (nSPS) is 23.2. The Labute approximate surface area is 148 Å². The summed E-state index contributed by atoms with van der Waals surface area (Å²) in [6.07, 6.45) is 1.64. The van der Waals surface area contributed by atoms with Gasteiger partial charge in [-0.1, -0.05) is 41.6 Å². The maximum Gasteiger partial charge on any atom is 0.327 e. The van der Waals surface area contributed by atoms with Crippen molar-refractivity contribution in [3.8, 4) is 0 Å². The number of imide groups is 1. The minimum Gasteiger partial charge on any atom is -0.347 e. The monoisotopic (exact) mass is 365 g/mol. The van der Waals surface area contributed by atoms with E-state index in [0.717, 1.165) is 10.5 Å². The van der Waals surface area contributed by atoms with E-state index in [1.165, 1.54) is 23.7 Å². The molecule has 0 radical (unpaired) electrons. The largest absolute Gasteiger partial charge is 0.347 e. The van der Waals surface area contributed by atoms with Gasteiger partial charge in [0, 0.05) is 25.7 Å². The third-order valence-electron chi connectivity index (χ3n) is 4.09. The number of nitrogens with zero attached hydrogens (tertiary/aromatic N) is 2. The number of nitrogens with one attached hydrogen (secondary N) is 1. The van der Waals surface area contributed by atoms with Gasteiger partial charge in [0.1, 0.15) is 0 Å². The first-order valence-electron chi connectivity index (χ1n) is 7.34. The molecule has 2 heterocycles. The Morgan fingerprint density at radius 3 is 2.71 bits per heavy atom. The van der Waals surface area contributed by atoms with Gasteiger partial charge in [0.25, 0.3) is 5.91 Å². The zero-order valence-electron chi connectivity index (χ0n) is 13.2. The molecule has 1 saturated heterocycles. The van der Waals surface area contributed by atoms with E-state index in [4.69, 9.17) is 11.6 Å². The van der Waals surface area contributed by atoms with Crippen molar-refractivity contribution in [1.82, 2.24) is 15.1 Å². The fourth-order valence-corrected chi connectivity index (χ4v) is 4.16. The van der Waals surface area contributed by atoms with Crippen LogP contribution >= 0.6 is 23.4 Å². The molecule has 1 N–H and O–H groups in total. The lowest BCUT2D eigenvalue weighted by atomic mass is 10.0. The SMILES string of the molecule is CN1C(=O)C2C=C(C(=O)NCc3ccccc3Cl)SC2N(C)C1=O.